The van der Waals surface area contributed by atoms with Gasteiger partial charge in [-0.15, -0.1) is 0 Å². The molecule has 1 saturated heterocycles. The Morgan fingerprint density at radius 1 is 1.04 bits per heavy atom. The van der Waals surface area contributed by atoms with Gasteiger partial charge in [0.2, 0.25) is 0 Å². The lowest BCUT2D eigenvalue weighted by atomic mass is 9.81. The van der Waals surface area contributed by atoms with Crippen LogP contribution in [0.25, 0.3) is 22.2 Å². The molecule has 0 radical (unpaired) electrons. The molecule has 240 valence electrons. The monoisotopic (exact) mass is 678 g/mol. The number of hydrogen-bond acceptors (Lipinski definition) is 7. The molecule has 1 saturated carbocycles. The Morgan fingerprint density at radius 2 is 1.76 bits per heavy atom. The summed E-state index contributed by atoms with van der Waals surface area (Å²) in [5.41, 5.74) is 7.52. The van der Waals surface area contributed by atoms with Crippen molar-refractivity contribution >= 4 is 55.6 Å². The average molecular weight is 680 g/mol. The highest BCUT2D eigenvalue weighted by atomic mass is 35.5. The first kappa shape index (κ1) is 31.9. The summed E-state index contributed by atoms with van der Waals surface area (Å²) >= 11 is 12.0. The molecule has 0 atom stereocenters. The number of sulfonamides is 1. The number of rotatable bonds is 7. The first-order valence-electron chi connectivity index (χ1n) is 14.9. The largest absolute Gasteiger partial charge is 0.383 e. The van der Waals surface area contributed by atoms with Crippen LogP contribution in [0, 0.1) is 11.6 Å². The second-order valence-electron chi connectivity index (χ2n) is 11.9. The van der Waals surface area contributed by atoms with E-state index in [4.69, 9.17) is 38.8 Å². The Balaban J connectivity index is 1.36. The molecule has 6 rings (SSSR count). The van der Waals surface area contributed by atoms with Crippen molar-refractivity contribution in [3.8, 4) is 11.3 Å². The molecule has 45 heavy (non-hydrogen) atoms. The van der Waals surface area contributed by atoms with Crippen molar-refractivity contribution < 1.29 is 21.9 Å². The van der Waals surface area contributed by atoms with Crippen LogP contribution < -0.4 is 10.5 Å². The standard InChI is InChI=1S/C31H34Cl2F2N6O3S/c1-17(2)41-30-22(18-3-6-20(7-4-18)40-9-11-44-12-10-40)16-37-31(36)28(30)29(38-41)21-14-25(35)26(15-24(21)34)39-45(42,43)27-13-19(32)5-8-23(27)33/h5,8,13-18,20,39H,3-4,6-7,9-12H2,1-2H3,(H2,36,37). The zero-order valence-corrected chi connectivity index (χ0v) is 27.2. The van der Waals surface area contributed by atoms with E-state index in [0.717, 1.165) is 81.3 Å². The van der Waals surface area contributed by atoms with Gasteiger partial charge in [-0.05, 0) is 75.3 Å². The van der Waals surface area contributed by atoms with E-state index >= 15 is 8.78 Å². The number of benzene rings is 2. The van der Waals surface area contributed by atoms with E-state index in [1.54, 1.807) is 10.9 Å². The minimum atomic E-state index is -4.39. The number of hydrogen-bond donors (Lipinski definition) is 2. The zero-order chi connectivity index (χ0) is 32.0. The molecule has 14 heteroatoms. The predicted octanol–water partition coefficient (Wildman–Crippen LogP) is 7.01. The van der Waals surface area contributed by atoms with Crippen molar-refractivity contribution in [2.45, 2.75) is 62.4 Å². The predicted molar refractivity (Wildman–Crippen MR) is 172 cm³/mol. The van der Waals surface area contributed by atoms with Crippen molar-refractivity contribution in [2.24, 2.45) is 0 Å². The fourth-order valence-electron chi connectivity index (χ4n) is 6.46. The number of aromatic nitrogens is 3. The van der Waals surface area contributed by atoms with Crippen LogP contribution >= 0.6 is 23.2 Å². The van der Waals surface area contributed by atoms with Crippen LogP contribution in [0.4, 0.5) is 20.3 Å². The number of nitrogens with two attached hydrogens (primary N) is 1. The summed E-state index contributed by atoms with van der Waals surface area (Å²) in [7, 11) is -4.39. The Kier molecular flexibility index (Phi) is 8.97. The molecule has 1 aliphatic heterocycles. The number of morpholine rings is 1. The molecule has 3 heterocycles. The molecule has 1 aliphatic carbocycles. The summed E-state index contributed by atoms with van der Waals surface area (Å²) in [6.45, 7) is 7.34. The number of fused-ring (bicyclic) bond motifs is 1. The molecule has 3 N–H and O–H groups in total. The van der Waals surface area contributed by atoms with E-state index in [0.29, 0.717) is 11.4 Å². The zero-order valence-electron chi connectivity index (χ0n) is 24.9. The Hall–Kier alpha value is -3.03. The van der Waals surface area contributed by atoms with Gasteiger partial charge in [-0.1, -0.05) is 23.2 Å². The fraction of sp³-hybridized carbons (Fsp3) is 0.419. The van der Waals surface area contributed by atoms with Crippen LogP contribution in [0.3, 0.4) is 0 Å². The number of nitrogens with one attached hydrogen (secondary N) is 1. The molecule has 2 aliphatic rings. The maximum absolute atomic E-state index is 15.8. The van der Waals surface area contributed by atoms with Gasteiger partial charge in [0.1, 0.15) is 28.0 Å². The molecule has 0 unspecified atom stereocenters. The van der Waals surface area contributed by atoms with Gasteiger partial charge in [0.25, 0.3) is 10.0 Å². The number of ether oxygens (including phenoxy) is 1. The van der Waals surface area contributed by atoms with E-state index in [1.807, 2.05) is 13.8 Å². The van der Waals surface area contributed by atoms with Crippen LogP contribution in [-0.4, -0.2) is 60.4 Å². The molecule has 0 amide bonds. The van der Waals surface area contributed by atoms with Gasteiger partial charge in [-0.2, -0.15) is 5.10 Å². The quantitative estimate of drug-likeness (QED) is 0.216. The van der Waals surface area contributed by atoms with Crippen LogP contribution in [0.15, 0.2) is 41.4 Å². The van der Waals surface area contributed by atoms with E-state index in [9.17, 15) is 8.42 Å². The van der Waals surface area contributed by atoms with Gasteiger partial charge in [0, 0.05) is 48.0 Å². The molecule has 0 bridgehead atoms. The van der Waals surface area contributed by atoms with Crippen molar-refractivity contribution in [1.29, 1.82) is 0 Å². The lowest BCUT2D eigenvalue weighted by Crippen LogP contribution is -2.44. The van der Waals surface area contributed by atoms with Gasteiger partial charge in [-0.25, -0.2) is 22.2 Å². The molecule has 4 aromatic rings. The van der Waals surface area contributed by atoms with E-state index in [-0.39, 0.29) is 44.0 Å². The molecule has 2 aromatic heterocycles. The van der Waals surface area contributed by atoms with E-state index in [2.05, 4.69) is 14.6 Å². The summed E-state index contributed by atoms with van der Waals surface area (Å²) in [5.74, 6) is -1.55. The highest BCUT2D eigenvalue weighted by Crippen LogP contribution is 2.43. The summed E-state index contributed by atoms with van der Waals surface area (Å²) in [4.78, 5) is 6.63. The number of anilines is 2. The molecule has 9 nitrogen and oxygen atoms in total. The Bertz CT molecular complexity index is 1860. The normalized spacial score (nSPS) is 19.8. The van der Waals surface area contributed by atoms with Gasteiger partial charge >= 0.3 is 0 Å². The highest BCUT2D eigenvalue weighted by molar-refractivity contribution is 7.92. The first-order chi connectivity index (χ1) is 21.4. The SMILES string of the molecule is CC(C)n1nc(-c2cc(F)c(NS(=O)(=O)c3cc(Cl)ccc3Cl)cc2F)c2c(N)ncc(C3CCC(N4CCOCC4)CC3)c21. The van der Waals surface area contributed by atoms with Crippen molar-refractivity contribution in [1.82, 2.24) is 19.7 Å². The van der Waals surface area contributed by atoms with Crippen LogP contribution in [0.2, 0.25) is 10.0 Å². The van der Waals surface area contributed by atoms with Crippen molar-refractivity contribution in [2.75, 3.05) is 36.8 Å². The van der Waals surface area contributed by atoms with Crippen LogP contribution in [0.1, 0.15) is 57.1 Å². The summed E-state index contributed by atoms with van der Waals surface area (Å²) in [5, 5.41) is 5.17. The minimum Gasteiger partial charge on any atom is -0.383 e. The summed E-state index contributed by atoms with van der Waals surface area (Å²) in [6, 6.07) is 5.93. The van der Waals surface area contributed by atoms with Gasteiger partial charge in [0.05, 0.1) is 34.8 Å². The van der Waals surface area contributed by atoms with Gasteiger partial charge in [-0.3, -0.25) is 14.3 Å². The second kappa shape index (κ2) is 12.6. The smallest absolute Gasteiger partial charge is 0.263 e. The Morgan fingerprint density at radius 3 is 2.44 bits per heavy atom. The fourth-order valence-corrected chi connectivity index (χ4v) is 8.29. The third-order valence-corrected chi connectivity index (χ3v) is 10.8. The van der Waals surface area contributed by atoms with Crippen LogP contribution in [-0.2, 0) is 14.8 Å². The topological polar surface area (TPSA) is 115 Å². The minimum absolute atomic E-state index is 0.116. The lowest BCUT2D eigenvalue weighted by molar-refractivity contribution is 0.00731. The maximum Gasteiger partial charge on any atom is 0.263 e. The summed E-state index contributed by atoms with van der Waals surface area (Å²) in [6.07, 6.45) is 5.77. The first-order valence-corrected chi connectivity index (χ1v) is 17.1. The number of nitrogen functional groups attached to an aromatic ring is 1. The van der Waals surface area contributed by atoms with Crippen molar-refractivity contribution in [3.63, 3.8) is 0 Å². The van der Waals surface area contributed by atoms with Crippen molar-refractivity contribution in [3.05, 3.63) is 63.8 Å². The second-order valence-corrected chi connectivity index (χ2v) is 14.3. The van der Waals surface area contributed by atoms with Crippen LogP contribution in [0.5, 0.6) is 0 Å². The highest BCUT2D eigenvalue weighted by Gasteiger charge is 2.32. The number of nitrogens with zero attached hydrogens (tertiary/aromatic N) is 4. The van der Waals surface area contributed by atoms with E-state index in [1.165, 1.54) is 12.1 Å². The molecule has 0 spiro atoms. The van der Waals surface area contributed by atoms with Gasteiger partial charge < -0.3 is 10.5 Å². The number of pyridine rings is 1. The van der Waals surface area contributed by atoms with Gasteiger partial charge in [0.15, 0.2) is 0 Å². The Labute approximate surface area is 270 Å². The number of halogens is 4. The molecule has 2 aromatic carbocycles. The third-order valence-electron chi connectivity index (χ3n) is 8.71. The van der Waals surface area contributed by atoms with E-state index < -0.39 is 27.3 Å². The molecular weight excluding hydrogens is 645 g/mol. The lowest BCUT2D eigenvalue weighted by Gasteiger charge is -2.39. The average Bonchev–Trinajstić information content (AvgIpc) is 3.42. The molecule has 2 fully saturated rings. The summed E-state index contributed by atoms with van der Waals surface area (Å²) < 4.78 is 66.7. The molecular formula is C31H34Cl2F2N6O3S. The third kappa shape index (κ3) is 6.23. The maximum atomic E-state index is 15.8.